The third kappa shape index (κ3) is 1.93. The molecule has 0 saturated carbocycles. The molecule has 0 aromatic rings. The van der Waals surface area contributed by atoms with Gasteiger partial charge in [0.05, 0.1) is 5.57 Å². The highest BCUT2D eigenvalue weighted by Gasteiger charge is 2.53. The van der Waals surface area contributed by atoms with Gasteiger partial charge in [0.2, 0.25) is 0 Å². The smallest absolute Gasteiger partial charge is 0.337 e. The van der Waals surface area contributed by atoms with Gasteiger partial charge >= 0.3 is 11.9 Å². The van der Waals surface area contributed by atoms with E-state index in [9.17, 15) is 14.7 Å². The van der Waals surface area contributed by atoms with E-state index in [-0.39, 0.29) is 5.57 Å². The van der Waals surface area contributed by atoms with Crippen LogP contribution < -0.4 is 0 Å². The van der Waals surface area contributed by atoms with Gasteiger partial charge in [0, 0.05) is 6.08 Å². The van der Waals surface area contributed by atoms with Crippen molar-refractivity contribution in [2.75, 3.05) is 0 Å². The largest absolute Gasteiger partial charge is 0.478 e. The summed E-state index contributed by atoms with van der Waals surface area (Å²) in [4.78, 5) is 22.0. The van der Waals surface area contributed by atoms with Gasteiger partial charge in [-0.3, -0.25) is 0 Å². The summed E-state index contributed by atoms with van der Waals surface area (Å²) in [5, 5.41) is 18.4. The van der Waals surface area contributed by atoms with E-state index in [4.69, 9.17) is 14.6 Å². The number of hydrogen-bond acceptors (Lipinski definition) is 5. The fourth-order valence-corrected chi connectivity index (χ4v) is 2.10. The minimum absolute atomic E-state index is 0.280. The highest BCUT2D eigenvalue weighted by molar-refractivity contribution is 5.94. The first-order valence-corrected chi connectivity index (χ1v) is 5.55. The second-order valence-electron chi connectivity index (χ2n) is 4.51. The van der Waals surface area contributed by atoms with Crippen LogP contribution in [0.4, 0.5) is 0 Å². The minimum atomic E-state index is -1.13. The van der Waals surface area contributed by atoms with Gasteiger partial charge in [-0.1, -0.05) is 0 Å². The molecular formula is C12H14O6. The van der Waals surface area contributed by atoms with E-state index in [2.05, 4.69) is 0 Å². The number of rotatable bonds is 2. The number of carboxylic acids is 1. The van der Waals surface area contributed by atoms with Crippen LogP contribution in [0.15, 0.2) is 23.8 Å². The lowest BCUT2D eigenvalue weighted by atomic mass is 9.88. The van der Waals surface area contributed by atoms with Crippen LogP contribution in [0.1, 0.15) is 13.8 Å². The van der Waals surface area contributed by atoms with E-state index in [0.29, 0.717) is 0 Å². The molecule has 2 aliphatic rings. The van der Waals surface area contributed by atoms with Crippen LogP contribution in [0.25, 0.3) is 0 Å². The number of carboxylic acid groups (broad SMARTS) is 1. The molecule has 0 aliphatic carbocycles. The van der Waals surface area contributed by atoms with Crippen LogP contribution in [0.5, 0.6) is 0 Å². The Morgan fingerprint density at radius 2 is 2.22 bits per heavy atom. The lowest BCUT2D eigenvalue weighted by Gasteiger charge is -2.36. The Labute approximate surface area is 104 Å². The first kappa shape index (κ1) is 12.8. The summed E-state index contributed by atoms with van der Waals surface area (Å²) in [5.41, 5.74) is -0.674. The Hall–Kier alpha value is -1.66. The molecular weight excluding hydrogens is 240 g/mol. The summed E-state index contributed by atoms with van der Waals surface area (Å²) in [5.74, 6) is -1.64. The highest BCUT2D eigenvalue weighted by Crippen LogP contribution is 2.40. The molecule has 0 aromatic heterocycles. The van der Waals surface area contributed by atoms with Gasteiger partial charge in [0.15, 0.2) is 0 Å². The monoisotopic (exact) mass is 254 g/mol. The molecule has 0 aromatic carbocycles. The van der Waals surface area contributed by atoms with E-state index in [1.807, 2.05) is 0 Å². The molecule has 1 fully saturated rings. The van der Waals surface area contributed by atoms with Crippen molar-refractivity contribution in [3.8, 4) is 0 Å². The summed E-state index contributed by atoms with van der Waals surface area (Å²) in [6, 6.07) is 0. The van der Waals surface area contributed by atoms with E-state index >= 15 is 0 Å². The summed E-state index contributed by atoms with van der Waals surface area (Å²) in [7, 11) is 0. The molecule has 0 bridgehead atoms. The zero-order chi connectivity index (χ0) is 13.5. The maximum atomic E-state index is 11.5. The average Bonchev–Trinajstić information content (AvgIpc) is 2.49. The molecule has 0 spiro atoms. The van der Waals surface area contributed by atoms with Gasteiger partial charge in [-0.15, -0.1) is 0 Å². The second kappa shape index (κ2) is 4.22. The van der Waals surface area contributed by atoms with Crippen LogP contribution in [0.3, 0.4) is 0 Å². The van der Waals surface area contributed by atoms with Crippen molar-refractivity contribution in [3.05, 3.63) is 23.8 Å². The van der Waals surface area contributed by atoms with Crippen molar-refractivity contribution >= 4 is 11.9 Å². The van der Waals surface area contributed by atoms with Crippen LogP contribution in [0.2, 0.25) is 0 Å². The molecule has 4 atom stereocenters. The number of carbonyl (C=O) groups excluding carboxylic acids is 1. The molecule has 6 heteroatoms. The van der Waals surface area contributed by atoms with Crippen molar-refractivity contribution < 1.29 is 29.3 Å². The van der Waals surface area contributed by atoms with Crippen molar-refractivity contribution in [3.63, 3.8) is 0 Å². The molecule has 2 rings (SSSR count). The van der Waals surface area contributed by atoms with Crippen molar-refractivity contribution in [2.45, 2.75) is 37.8 Å². The van der Waals surface area contributed by atoms with Crippen molar-refractivity contribution in [2.24, 2.45) is 0 Å². The molecule has 6 nitrogen and oxygen atoms in total. The van der Waals surface area contributed by atoms with E-state index in [1.54, 1.807) is 13.8 Å². The molecule has 0 amide bonds. The maximum Gasteiger partial charge on any atom is 0.337 e. The number of fused-ring (bicyclic) bond motifs is 1. The van der Waals surface area contributed by atoms with Gasteiger partial charge in [0.25, 0.3) is 0 Å². The summed E-state index contributed by atoms with van der Waals surface area (Å²) in [6.45, 7) is 3.37. The number of aliphatic hydroxyl groups excluding tert-OH is 1. The number of esters is 1. The van der Waals surface area contributed by atoms with Gasteiger partial charge < -0.3 is 19.7 Å². The lowest BCUT2D eigenvalue weighted by Crippen LogP contribution is -2.47. The molecule has 1 saturated heterocycles. The predicted octanol–water partition coefficient (Wildman–Crippen LogP) is 0.0173. The van der Waals surface area contributed by atoms with Crippen molar-refractivity contribution in [1.82, 2.24) is 0 Å². The Morgan fingerprint density at radius 3 is 2.83 bits per heavy atom. The molecule has 98 valence electrons. The summed E-state index contributed by atoms with van der Waals surface area (Å²) < 4.78 is 10.7. The number of hydrogen-bond donors (Lipinski definition) is 2. The maximum absolute atomic E-state index is 11.5. The second-order valence-corrected chi connectivity index (χ2v) is 4.51. The number of ether oxygens (including phenoxy) is 2. The fraction of sp³-hybridized carbons (Fsp3) is 0.500. The molecule has 2 N–H and O–H groups in total. The molecule has 1 unspecified atom stereocenters. The normalized spacial score (nSPS) is 39.4. The van der Waals surface area contributed by atoms with Crippen LogP contribution in [0, 0.1) is 0 Å². The summed E-state index contributed by atoms with van der Waals surface area (Å²) >= 11 is 0. The van der Waals surface area contributed by atoms with E-state index < -0.39 is 35.9 Å². The molecule has 0 radical (unpaired) electrons. The van der Waals surface area contributed by atoms with E-state index in [0.717, 1.165) is 6.08 Å². The Kier molecular flexibility index (Phi) is 3.00. The number of cyclic esters (lactones) is 1. The quantitative estimate of drug-likeness (QED) is 0.533. The Morgan fingerprint density at radius 1 is 1.56 bits per heavy atom. The van der Waals surface area contributed by atoms with Crippen molar-refractivity contribution in [1.29, 1.82) is 0 Å². The van der Waals surface area contributed by atoms with Crippen LogP contribution in [-0.4, -0.2) is 46.1 Å². The van der Waals surface area contributed by atoms with Gasteiger partial charge in [-0.25, -0.2) is 9.59 Å². The zero-order valence-electron chi connectivity index (χ0n) is 9.99. The molecule has 2 aliphatic heterocycles. The third-order valence-corrected chi connectivity index (χ3v) is 3.30. The third-order valence-electron chi connectivity index (χ3n) is 3.30. The highest BCUT2D eigenvalue weighted by atomic mass is 16.6. The minimum Gasteiger partial charge on any atom is -0.478 e. The Balaban J connectivity index is 2.30. The van der Waals surface area contributed by atoms with E-state index in [1.165, 1.54) is 12.2 Å². The van der Waals surface area contributed by atoms with Crippen LogP contribution >= 0.6 is 0 Å². The number of carbonyl (C=O) groups is 2. The van der Waals surface area contributed by atoms with Gasteiger partial charge in [0.1, 0.15) is 23.9 Å². The first-order valence-electron chi connectivity index (χ1n) is 5.55. The molecule has 18 heavy (non-hydrogen) atoms. The Bertz CT molecular complexity index is 451. The summed E-state index contributed by atoms with van der Waals surface area (Å²) in [6.07, 6.45) is 1.16. The lowest BCUT2D eigenvalue weighted by molar-refractivity contribution is -0.143. The van der Waals surface area contributed by atoms with Crippen LogP contribution in [-0.2, 0) is 19.1 Å². The number of aliphatic carboxylic acids is 1. The average molecular weight is 254 g/mol. The topological polar surface area (TPSA) is 93.1 Å². The number of aliphatic hydroxyl groups is 1. The predicted molar refractivity (Wildman–Crippen MR) is 59.7 cm³/mol. The first-order chi connectivity index (χ1) is 8.34. The molecule has 2 heterocycles. The standard InChI is InChI=1S/C12H14O6/c1-6-12(2)7(11(16)17-6)5-8(13)9(18-12)3-4-10(14)15/h3-6,8-9,13H,1-2H3,(H,14,15)/b4-3-/t6-,8?,9+,12+/m0/s1. The van der Waals surface area contributed by atoms with Gasteiger partial charge in [-0.05, 0) is 26.0 Å². The van der Waals surface area contributed by atoms with Gasteiger partial charge in [-0.2, -0.15) is 0 Å². The SMILES string of the molecule is C[C@@H]1OC(=O)C2=CC(O)[C@@H](/C=C\C(=O)O)O[C@@]21C. The fourth-order valence-electron chi connectivity index (χ4n) is 2.10. The zero-order valence-corrected chi connectivity index (χ0v) is 9.99.